The fourth-order valence-corrected chi connectivity index (χ4v) is 3.25. The Labute approximate surface area is 125 Å². The van der Waals surface area contributed by atoms with Crippen LogP contribution in [0.3, 0.4) is 0 Å². The van der Waals surface area contributed by atoms with Gasteiger partial charge in [-0.05, 0) is 43.7 Å². The summed E-state index contributed by atoms with van der Waals surface area (Å²) in [5.74, 6) is 1.66. The maximum absolute atomic E-state index is 8.74. The maximum atomic E-state index is 8.74. The van der Waals surface area contributed by atoms with Crippen molar-refractivity contribution in [1.29, 1.82) is 5.26 Å². The molecule has 0 N–H and O–H groups in total. The molecule has 2 fully saturated rings. The van der Waals surface area contributed by atoms with Crippen LogP contribution in [-0.4, -0.2) is 36.0 Å². The van der Waals surface area contributed by atoms with Crippen LogP contribution < -0.4 is 4.90 Å². The molecule has 1 aromatic rings. The zero-order valence-corrected chi connectivity index (χ0v) is 12.4. The minimum absolute atomic E-state index is 0.369. The van der Waals surface area contributed by atoms with Crippen molar-refractivity contribution in [2.45, 2.75) is 44.6 Å². The molecule has 2 aliphatic rings. The number of nitriles is 1. The summed E-state index contributed by atoms with van der Waals surface area (Å²) in [4.78, 5) is 2.23. The quantitative estimate of drug-likeness (QED) is 0.851. The molecule has 3 rings (SSSR count). The van der Waals surface area contributed by atoms with E-state index in [1.807, 2.05) is 12.1 Å². The fraction of sp³-hybridized carbons (Fsp3) is 0.688. The molecule has 5 nitrogen and oxygen atoms in total. The second kappa shape index (κ2) is 6.86. The number of hydrogen-bond donors (Lipinski definition) is 0. The molecule has 0 spiro atoms. The first-order chi connectivity index (χ1) is 10.3. The van der Waals surface area contributed by atoms with Crippen molar-refractivity contribution in [2.24, 2.45) is 5.92 Å². The molecule has 21 heavy (non-hydrogen) atoms. The van der Waals surface area contributed by atoms with Gasteiger partial charge in [-0.25, -0.2) is 0 Å². The number of piperidine rings is 1. The number of rotatable bonds is 4. The molecule has 0 bridgehead atoms. The van der Waals surface area contributed by atoms with Crippen LogP contribution in [0.1, 0.15) is 44.2 Å². The van der Waals surface area contributed by atoms with E-state index in [1.54, 1.807) is 6.07 Å². The van der Waals surface area contributed by atoms with Crippen LogP contribution in [0.4, 0.5) is 5.82 Å². The molecule has 0 unspecified atom stereocenters. The molecule has 0 radical (unpaired) electrons. The molecular formula is C16H22N4O. The predicted octanol–water partition coefficient (Wildman–Crippen LogP) is 2.52. The van der Waals surface area contributed by atoms with Crippen LogP contribution >= 0.6 is 0 Å². The average molecular weight is 286 g/mol. The summed E-state index contributed by atoms with van der Waals surface area (Å²) in [7, 11) is 0. The van der Waals surface area contributed by atoms with E-state index in [4.69, 9.17) is 10.00 Å². The zero-order valence-electron chi connectivity index (χ0n) is 12.4. The molecule has 2 heterocycles. The highest BCUT2D eigenvalue weighted by molar-refractivity contribution is 5.39. The first kappa shape index (κ1) is 14.3. The highest BCUT2D eigenvalue weighted by atomic mass is 16.5. The molecule has 0 atom stereocenters. The van der Waals surface area contributed by atoms with Crippen LogP contribution in [-0.2, 0) is 4.74 Å². The number of hydrogen-bond acceptors (Lipinski definition) is 5. The lowest BCUT2D eigenvalue weighted by molar-refractivity contribution is 0.0164. The largest absolute Gasteiger partial charge is 0.378 e. The van der Waals surface area contributed by atoms with Crippen molar-refractivity contribution in [3.63, 3.8) is 0 Å². The van der Waals surface area contributed by atoms with Crippen molar-refractivity contribution < 1.29 is 4.74 Å². The van der Waals surface area contributed by atoms with E-state index in [2.05, 4.69) is 15.1 Å². The third-order valence-corrected chi connectivity index (χ3v) is 4.57. The van der Waals surface area contributed by atoms with Crippen molar-refractivity contribution >= 4 is 5.82 Å². The zero-order chi connectivity index (χ0) is 14.5. The van der Waals surface area contributed by atoms with Gasteiger partial charge in [-0.15, -0.1) is 10.2 Å². The van der Waals surface area contributed by atoms with Gasteiger partial charge in [0.2, 0.25) is 0 Å². The van der Waals surface area contributed by atoms with E-state index >= 15 is 0 Å². The van der Waals surface area contributed by atoms with Gasteiger partial charge in [0.15, 0.2) is 11.5 Å². The molecule has 1 saturated heterocycles. The van der Waals surface area contributed by atoms with E-state index in [9.17, 15) is 0 Å². The number of ether oxygens (including phenoxy) is 1. The summed E-state index contributed by atoms with van der Waals surface area (Å²) in [6.45, 7) is 2.85. The summed E-state index contributed by atoms with van der Waals surface area (Å²) < 4.78 is 6.08. The van der Waals surface area contributed by atoms with Crippen molar-refractivity contribution in [3.05, 3.63) is 17.8 Å². The maximum Gasteiger partial charge on any atom is 0.163 e. The lowest BCUT2D eigenvalue weighted by Crippen LogP contribution is -2.38. The van der Waals surface area contributed by atoms with E-state index in [0.717, 1.165) is 44.3 Å². The first-order valence-electron chi connectivity index (χ1n) is 7.95. The lowest BCUT2D eigenvalue weighted by Gasteiger charge is -2.32. The summed E-state index contributed by atoms with van der Waals surface area (Å²) in [6, 6.07) is 5.60. The molecule has 112 valence electrons. The average Bonchev–Trinajstić information content (AvgIpc) is 3.07. The smallest absolute Gasteiger partial charge is 0.163 e. The van der Waals surface area contributed by atoms with Crippen LogP contribution in [0.5, 0.6) is 0 Å². The van der Waals surface area contributed by atoms with Gasteiger partial charge in [-0.3, -0.25) is 0 Å². The summed E-state index contributed by atoms with van der Waals surface area (Å²) in [5, 5.41) is 16.8. The van der Waals surface area contributed by atoms with Gasteiger partial charge in [0.05, 0.1) is 6.10 Å². The summed E-state index contributed by atoms with van der Waals surface area (Å²) >= 11 is 0. The highest BCUT2D eigenvalue weighted by Crippen LogP contribution is 2.26. The molecule has 1 saturated carbocycles. The Morgan fingerprint density at radius 1 is 1.14 bits per heavy atom. The highest BCUT2D eigenvalue weighted by Gasteiger charge is 2.23. The Balaban J connectivity index is 1.44. The van der Waals surface area contributed by atoms with Gasteiger partial charge in [-0.2, -0.15) is 5.26 Å². The third kappa shape index (κ3) is 3.70. The number of anilines is 1. The van der Waals surface area contributed by atoms with Crippen LogP contribution in [0, 0.1) is 17.2 Å². The van der Waals surface area contributed by atoms with Gasteiger partial charge in [0.1, 0.15) is 6.07 Å². The van der Waals surface area contributed by atoms with Gasteiger partial charge >= 0.3 is 0 Å². The summed E-state index contributed by atoms with van der Waals surface area (Å²) in [5.41, 5.74) is 0.369. The molecule has 1 aliphatic carbocycles. The monoisotopic (exact) mass is 286 g/mol. The molecule has 0 aromatic carbocycles. The first-order valence-corrected chi connectivity index (χ1v) is 7.95. The second-order valence-corrected chi connectivity index (χ2v) is 6.06. The lowest BCUT2D eigenvalue weighted by atomic mass is 10.1. The Morgan fingerprint density at radius 3 is 2.52 bits per heavy atom. The van der Waals surface area contributed by atoms with Crippen molar-refractivity contribution in [1.82, 2.24) is 10.2 Å². The molecule has 5 heteroatoms. The Kier molecular flexibility index (Phi) is 4.66. The predicted molar refractivity (Wildman–Crippen MR) is 79.9 cm³/mol. The fourth-order valence-electron chi connectivity index (χ4n) is 3.25. The Hall–Kier alpha value is -1.67. The van der Waals surface area contributed by atoms with Gasteiger partial charge in [-0.1, -0.05) is 12.8 Å². The van der Waals surface area contributed by atoms with Crippen LogP contribution in [0.2, 0.25) is 0 Å². The Morgan fingerprint density at radius 2 is 1.90 bits per heavy atom. The van der Waals surface area contributed by atoms with Gasteiger partial charge in [0, 0.05) is 19.7 Å². The second-order valence-electron chi connectivity index (χ2n) is 6.06. The van der Waals surface area contributed by atoms with E-state index < -0.39 is 0 Å². The van der Waals surface area contributed by atoms with E-state index in [-0.39, 0.29) is 0 Å². The van der Waals surface area contributed by atoms with E-state index in [1.165, 1.54) is 25.7 Å². The molecule has 1 aromatic heterocycles. The van der Waals surface area contributed by atoms with E-state index in [0.29, 0.717) is 11.8 Å². The topological polar surface area (TPSA) is 62.0 Å². The van der Waals surface area contributed by atoms with Gasteiger partial charge < -0.3 is 9.64 Å². The number of aromatic nitrogens is 2. The minimum Gasteiger partial charge on any atom is -0.378 e. The van der Waals surface area contributed by atoms with Crippen molar-refractivity contribution in [2.75, 3.05) is 24.6 Å². The molecular weight excluding hydrogens is 264 g/mol. The Bertz CT molecular complexity index is 482. The van der Waals surface area contributed by atoms with Crippen LogP contribution in [0.25, 0.3) is 0 Å². The third-order valence-electron chi connectivity index (χ3n) is 4.57. The normalized spacial score (nSPS) is 20.6. The SMILES string of the molecule is N#Cc1ccc(N2CCC(OCC3CCCC3)CC2)nn1. The standard InChI is InChI=1S/C16H22N4O/c17-11-14-5-6-16(19-18-14)20-9-7-15(8-10-20)21-12-13-3-1-2-4-13/h5-6,13,15H,1-4,7-10,12H2. The van der Waals surface area contributed by atoms with Crippen LogP contribution in [0.15, 0.2) is 12.1 Å². The van der Waals surface area contributed by atoms with Crippen molar-refractivity contribution in [3.8, 4) is 6.07 Å². The molecule has 0 amide bonds. The molecule has 1 aliphatic heterocycles. The van der Waals surface area contributed by atoms with Gasteiger partial charge in [0.25, 0.3) is 0 Å². The summed E-state index contributed by atoms with van der Waals surface area (Å²) in [6.07, 6.45) is 7.95. The number of nitrogens with zero attached hydrogens (tertiary/aromatic N) is 4. The minimum atomic E-state index is 0.369.